The van der Waals surface area contributed by atoms with Crippen LogP contribution in [0, 0.1) is 27.8 Å². The molecular formula is C24H13Br2FN2O4. The van der Waals surface area contributed by atoms with Crippen LogP contribution < -0.4 is 4.90 Å². The Morgan fingerprint density at radius 3 is 1.64 bits per heavy atom. The van der Waals surface area contributed by atoms with Crippen LogP contribution in [0.25, 0.3) is 0 Å². The Labute approximate surface area is 203 Å². The van der Waals surface area contributed by atoms with E-state index in [4.69, 9.17) is 0 Å². The summed E-state index contributed by atoms with van der Waals surface area (Å²) in [7, 11) is 0. The molecule has 2 atom stereocenters. The third-order valence-corrected chi connectivity index (χ3v) is 9.66. The van der Waals surface area contributed by atoms with E-state index in [1.54, 1.807) is 0 Å². The molecule has 1 fully saturated rings. The molecule has 1 heterocycles. The second-order valence-electron chi connectivity index (χ2n) is 8.37. The highest BCUT2D eigenvalue weighted by molar-refractivity contribution is 9.10. The van der Waals surface area contributed by atoms with E-state index in [-0.39, 0.29) is 5.69 Å². The second-order valence-corrected chi connectivity index (χ2v) is 10.9. The van der Waals surface area contributed by atoms with Crippen molar-refractivity contribution in [1.82, 2.24) is 0 Å². The molecule has 33 heavy (non-hydrogen) atoms. The highest BCUT2D eigenvalue weighted by Gasteiger charge is 2.72. The van der Waals surface area contributed by atoms with Gasteiger partial charge < -0.3 is 0 Å². The summed E-state index contributed by atoms with van der Waals surface area (Å²) in [5.41, 5.74) is 2.57. The highest BCUT2D eigenvalue weighted by Crippen LogP contribution is 2.71. The number of hydrogen-bond donors (Lipinski definition) is 0. The first-order valence-corrected chi connectivity index (χ1v) is 11.7. The first kappa shape index (κ1) is 20.7. The standard InChI is InChI=1S/C24H13Br2FN2O4/c25-23-13-5-1-2-6-14(13)24(26,16-8-4-3-7-15(16)23)20-19(23)21(30)28(22(20)31)17-10-9-12(27)11-18(17)29(32)33/h1-11,19-20H/t19-,20-,23?,24?/m0/s1. The maximum absolute atomic E-state index is 13.9. The Balaban J connectivity index is 1.65. The summed E-state index contributed by atoms with van der Waals surface area (Å²) in [6.45, 7) is 0. The number of hydrogen-bond acceptors (Lipinski definition) is 4. The zero-order chi connectivity index (χ0) is 23.3. The van der Waals surface area contributed by atoms with E-state index in [2.05, 4.69) is 31.9 Å². The van der Waals surface area contributed by atoms with Crippen LogP contribution in [0.3, 0.4) is 0 Å². The zero-order valence-electron chi connectivity index (χ0n) is 16.7. The van der Waals surface area contributed by atoms with Gasteiger partial charge in [0, 0.05) is 0 Å². The maximum atomic E-state index is 13.9. The normalized spacial score (nSPS) is 29.0. The van der Waals surface area contributed by atoms with Crippen LogP contribution in [-0.2, 0) is 18.2 Å². The zero-order valence-corrected chi connectivity index (χ0v) is 19.8. The van der Waals surface area contributed by atoms with E-state index >= 15 is 0 Å². The van der Waals surface area contributed by atoms with Crippen LogP contribution >= 0.6 is 31.9 Å². The average molecular weight is 572 g/mol. The van der Waals surface area contributed by atoms with Crippen LogP contribution in [-0.4, -0.2) is 16.7 Å². The number of nitro benzene ring substituents is 1. The molecule has 4 aliphatic rings. The number of carbonyl (C=O) groups excluding carboxylic acids is 2. The number of alkyl halides is 2. The number of halogens is 3. The van der Waals surface area contributed by atoms with Crippen molar-refractivity contribution < 1.29 is 18.9 Å². The molecule has 2 amide bonds. The van der Waals surface area contributed by atoms with Crippen molar-refractivity contribution in [2.45, 2.75) is 8.65 Å². The van der Waals surface area contributed by atoms with Gasteiger partial charge in [-0.3, -0.25) is 19.7 Å². The van der Waals surface area contributed by atoms with Crippen molar-refractivity contribution in [2.24, 2.45) is 11.8 Å². The van der Waals surface area contributed by atoms with Crippen molar-refractivity contribution in [1.29, 1.82) is 0 Å². The first-order chi connectivity index (χ1) is 15.7. The van der Waals surface area contributed by atoms with Gasteiger partial charge >= 0.3 is 0 Å². The van der Waals surface area contributed by atoms with E-state index < -0.39 is 48.7 Å². The molecule has 3 aromatic rings. The summed E-state index contributed by atoms with van der Waals surface area (Å²) >= 11 is 7.75. The maximum Gasteiger partial charge on any atom is 0.296 e. The number of imide groups is 1. The second kappa shape index (κ2) is 6.57. The van der Waals surface area contributed by atoms with Gasteiger partial charge in [-0.1, -0.05) is 80.4 Å². The topological polar surface area (TPSA) is 80.5 Å². The molecule has 9 heteroatoms. The van der Waals surface area contributed by atoms with E-state index in [0.717, 1.165) is 45.4 Å². The largest absolute Gasteiger partial charge is 0.296 e. The molecule has 0 unspecified atom stereocenters. The minimum absolute atomic E-state index is 0.231. The van der Waals surface area contributed by atoms with E-state index in [9.17, 15) is 24.1 Å². The van der Waals surface area contributed by atoms with Crippen LogP contribution in [0.5, 0.6) is 0 Å². The van der Waals surface area contributed by atoms with Crippen molar-refractivity contribution in [2.75, 3.05) is 4.90 Å². The summed E-state index contributed by atoms with van der Waals surface area (Å²) in [5, 5.41) is 11.7. The van der Waals surface area contributed by atoms with Crippen LogP contribution in [0.15, 0.2) is 66.7 Å². The number of nitrogens with zero attached hydrogens (tertiary/aromatic N) is 2. The molecule has 0 N–H and O–H groups in total. The number of anilines is 1. The minimum atomic E-state index is -1.00. The number of amides is 2. The van der Waals surface area contributed by atoms with E-state index in [1.165, 1.54) is 0 Å². The van der Waals surface area contributed by atoms with Crippen molar-refractivity contribution >= 4 is 55.0 Å². The average Bonchev–Trinajstić information content (AvgIpc) is 3.08. The van der Waals surface area contributed by atoms with Gasteiger partial charge in [-0.05, 0) is 34.4 Å². The fourth-order valence-corrected chi connectivity index (χ4v) is 8.04. The Kier molecular flexibility index (Phi) is 4.12. The fourth-order valence-electron chi connectivity index (χ4n) is 5.74. The third-order valence-electron chi connectivity index (χ3n) is 6.96. The first-order valence-electron chi connectivity index (χ1n) is 10.1. The molecular weight excluding hydrogens is 559 g/mol. The number of benzene rings is 3. The van der Waals surface area contributed by atoms with Crippen molar-refractivity contribution in [3.05, 3.63) is 105 Å². The Bertz CT molecular complexity index is 1300. The number of nitro groups is 1. The molecule has 164 valence electrons. The summed E-state index contributed by atoms with van der Waals surface area (Å²) in [6, 6.07) is 18.0. The molecule has 0 saturated carbocycles. The van der Waals surface area contributed by atoms with Gasteiger partial charge in [0.05, 0.1) is 31.5 Å². The molecule has 0 aromatic heterocycles. The van der Waals surface area contributed by atoms with Crippen LogP contribution in [0.1, 0.15) is 22.3 Å². The molecule has 1 saturated heterocycles. The summed E-state index contributed by atoms with van der Waals surface area (Å²) in [5.74, 6) is -3.68. The lowest BCUT2D eigenvalue weighted by atomic mass is 9.54. The Morgan fingerprint density at radius 2 is 1.24 bits per heavy atom. The minimum Gasteiger partial charge on any atom is -0.274 e. The van der Waals surface area contributed by atoms with E-state index in [1.807, 2.05) is 48.5 Å². The van der Waals surface area contributed by atoms with Gasteiger partial charge in [0.2, 0.25) is 11.8 Å². The van der Waals surface area contributed by atoms with Crippen LogP contribution in [0.4, 0.5) is 15.8 Å². The highest BCUT2D eigenvalue weighted by atomic mass is 79.9. The summed E-state index contributed by atoms with van der Waals surface area (Å²) in [4.78, 5) is 39.5. The van der Waals surface area contributed by atoms with Gasteiger partial charge in [0.25, 0.3) is 5.69 Å². The quantitative estimate of drug-likeness (QED) is 0.184. The lowest BCUT2D eigenvalue weighted by Gasteiger charge is -2.55. The molecule has 3 aromatic carbocycles. The van der Waals surface area contributed by atoms with Gasteiger partial charge in [-0.15, -0.1) is 0 Å². The third kappa shape index (κ3) is 2.31. The molecule has 7 rings (SSSR count). The number of carbonyl (C=O) groups is 2. The predicted octanol–water partition coefficient (Wildman–Crippen LogP) is 5.14. The lowest BCUT2D eigenvalue weighted by molar-refractivity contribution is -0.384. The molecule has 3 aliphatic carbocycles. The van der Waals surface area contributed by atoms with Crippen molar-refractivity contribution in [3.8, 4) is 0 Å². The van der Waals surface area contributed by atoms with E-state index in [0.29, 0.717) is 0 Å². The number of rotatable bonds is 2. The summed E-state index contributed by atoms with van der Waals surface area (Å²) in [6.07, 6.45) is 0. The van der Waals surface area contributed by atoms with Gasteiger partial charge in [-0.2, -0.15) is 0 Å². The molecule has 0 radical (unpaired) electrons. The molecule has 1 aliphatic heterocycles. The molecule has 6 nitrogen and oxygen atoms in total. The Hall–Kier alpha value is -2.91. The predicted molar refractivity (Wildman–Crippen MR) is 125 cm³/mol. The van der Waals surface area contributed by atoms with Crippen molar-refractivity contribution in [3.63, 3.8) is 0 Å². The van der Waals surface area contributed by atoms with Gasteiger partial charge in [0.15, 0.2) is 0 Å². The summed E-state index contributed by atoms with van der Waals surface area (Å²) < 4.78 is 11.8. The monoisotopic (exact) mass is 570 g/mol. The van der Waals surface area contributed by atoms with Gasteiger partial charge in [-0.25, -0.2) is 9.29 Å². The SMILES string of the molecule is O=C1[C@@H]2[C@@H](C(=O)N1c1ccc(F)cc1[N+](=O)[O-])C1(Br)c3ccccc3C2(Br)c2ccccc21. The van der Waals surface area contributed by atoms with Crippen LogP contribution in [0.2, 0.25) is 0 Å². The molecule has 0 spiro atoms. The smallest absolute Gasteiger partial charge is 0.274 e. The lowest BCUT2D eigenvalue weighted by Crippen LogP contribution is -2.56. The van der Waals surface area contributed by atoms with Gasteiger partial charge in [0.1, 0.15) is 11.5 Å². The fraction of sp³-hybridized carbons (Fsp3) is 0.167. The Morgan fingerprint density at radius 1 is 0.818 bits per heavy atom. The molecule has 2 bridgehead atoms.